The molecule has 4 aromatic rings. The second-order valence-electron chi connectivity index (χ2n) is 8.40. The van der Waals surface area contributed by atoms with E-state index in [9.17, 15) is 18.8 Å². The van der Waals surface area contributed by atoms with Gasteiger partial charge in [-0.3, -0.25) is 19.3 Å². The summed E-state index contributed by atoms with van der Waals surface area (Å²) in [5.41, 5.74) is 12.3. The first-order chi connectivity index (χ1) is 18.8. The Balaban J connectivity index is 1.83. The third-order valence-corrected chi connectivity index (χ3v) is 6.63. The maximum atomic E-state index is 14.4. The highest BCUT2D eigenvalue weighted by molar-refractivity contribution is 7.09. The molecule has 0 unspecified atom stereocenters. The van der Waals surface area contributed by atoms with Gasteiger partial charge in [-0.05, 0) is 59.9 Å². The monoisotopic (exact) mass is 547 g/mol. The number of primary amides is 1. The summed E-state index contributed by atoms with van der Waals surface area (Å²) in [4.78, 5) is 40.6. The number of amides is 3. The Hall–Kier alpha value is -4.77. The number of nitrogens with one attached hydrogen (secondary N) is 1. The lowest BCUT2D eigenvalue weighted by atomic mass is 10.0. The van der Waals surface area contributed by atoms with Crippen molar-refractivity contribution in [2.75, 3.05) is 17.2 Å². The van der Waals surface area contributed by atoms with Crippen molar-refractivity contribution in [3.05, 3.63) is 106 Å². The summed E-state index contributed by atoms with van der Waals surface area (Å²) in [5, 5.41) is 2.87. The molecule has 3 aromatic carbocycles. The van der Waals surface area contributed by atoms with Crippen molar-refractivity contribution >= 4 is 40.6 Å². The summed E-state index contributed by atoms with van der Waals surface area (Å²) >= 11 is 0.671. The standard InChI is InChI=1S/C28H26FN5O4S/c1-2-38-21-13-11-18(12-14-21)24(27(36)32-16-17-7-4-3-5-8-17)34(20-10-6-9-19(29)15-20)28(37)25-22(30)23(26(31)35)33-39-25/h3-15,24H,2,16,30H2,1H3,(H2,31,35)(H,32,36)/t24-/m0/s1. The van der Waals surface area contributed by atoms with Gasteiger partial charge in [-0.25, -0.2) is 4.39 Å². The van der Waals surface area contributed by atoms with Crippen molar-refractivity contribution in [2.45, 2.75) is 19.5 Å². The summed E-state index contributed by atoms with van der Waals surface area (Å²) in [6, 6.07) is 19.9. The number of hydrogen-bond acceptors (Lipinski definition) is 7. The fourth-order valence-corrected chi connectivity index (χ4v) is 4.70. The molecule has 200 valence electrons. The molecular formula is C28H26FN5O4S. The fraction of sp³-hybridized carbons (Fsp3) is 0.143. The van der Waals surface area contributed by atoms with Crippen LogP contribution in [0.3, 0.4) is 0 Å². The van der Waals surface area contributed by atoms with Crippen LogP contribution >= 0.6 is 11.5 Å². The van der Waals surface area contributed by atoms with Crippen LogP contribution in [0, 0.1) is 5.82 Å². The number of carbonyl (C=O) groups is 3. The van der Waals surface area contributed by atoms with Crippen molar-refractivity contribution in [2.24, 2.45) is 5.73 Å². The first kappa shape index (κ1) is 27.3. The molecule has 0 aliphatic rings. The van der Waals surface area contributed by atoms with Gasteiger partial charge in [0.1, 0.15) is 22.5 Å². The molecule has 0 saturated carbocycles. The zero-order chi connectivity index (χ0) is 27.9. The minimum absolute atomic E-state index is 0.0992. The number of nitrogens with two attached hydrogens (primary N) is 2. The number of carbonyl (C=O) groups excluding carboxylic acids is 3. The van der Waals surface area contributed by atoms with E-state index < -0.39 is 29.6 Å². The van der Waals surface area contributed by atoms with E-state index in [-0.39, 0.29) is 28.5 Å². The van der Waals surface area contributed by atoms with Gasteiger partial charge in [-0.2, -0.15) is 4.37 Å². The molecule has 0 bridgehead atoms. The van der Waals surface area contributed by atoms with Crippen LogP contribution in [-0.2, 0) is 11.3 Å². The molecule has 5 N–H and O–H groups in total. The van der Waals surface area contributed by atoms with Crippen LogP contribution in [0.1, 0.15) is 44.3 Å². The number of anilines is 2. The van der Waals surface area contributed by atoms with E-state index in [4.69, 9.17) is 16.2 Å². The van der Waals surface area contributed by atoms with Crippen LogP contribution in [-0.4, -0.2) is 28.7 Å². The Labute approximate surface area is 228 Å². The summed E-state index contributed by atoms with van der Waals surface area (Å²) in [7, 11) is 0. The molecule has 0 aliphatic heterocycles. The molecule has 9 nitrogen and oxygen atoms in total. The number of hydrogen-bond donors (Lipinski definition) is 3. The largest absolute Gasteiger partial charge is 0.494 e. The van der Waals surface area contributed by atoms with E-state index in [1.54, 1.807) is 24.3 Å². The molecular weight excluding hydrogens is 521 g/mol. The number of benzene rings is 3. The minimum Gasteiger partial charge on any atom is -0.494 e. The third-order valence-electron chi connectivity index (χ3n) is 5.78. The average molecular weight is 548 g/mol. The average Bonchev–Trinajstić information content (AvgIpc) is 3.33. The molecule has 1 atom stereocenters. The molecule has 11 heteroatoms. The van der Waals surface area contributed by atoms with Gasteiger partial charge in [0.05, 0.1) is 12.3 Å². The van der Waals surface area contributed by atoms with Gasteiger partial charge in [0.15, 0.2) is 5.69 Å². The molecule has 3 amide bonds. The zero-order valence-electron chi connectivity index (χ0n) is 21.0. The number of nitrogens with zero attached hydrogens (tertiary/aromatic N) is 2. The van der Waals surface area contributed by atoms with E-state index in [0.29, 0.717) is 29.5 Å². The third kappa shape index (κ3) is 6.21. The van der Waals surface area contributed by atoms with E-state index in [1.807, 2.05) is 37.3 Å². The van der Waals surface area contributed by atoms with Crippen LogP contribution in [0.4, 0.5) is 15.8 Å². The molecule has 0 aliphatic carbocycles. The Kier molecular flexibility index (Phi) is 8.52. The predicted octanol–water partition coefficient (Wildman–Crippen LogP) is 4.07. The molecule has 0 saturated heterocycles. The molecule has 1 heterocycles. The molecule has 4 rings (SSSR count). The highest BCUT2D eigenvalue weighted by atomic mass is 32.1. The quantitative estimate of drug-likeness (QED) is 0.273. The van der Waals surface area contributed by atoms with Crippen molar-refractivity contribution in [1.82, 2.24) is 9.69 Å². The van der Waals surface area contributed by atoms with Gasteiger partial charge in [-0.15, -0.1) is 0 Å². The van der Waals surface area contributed by atoms with E-state index >= 15 is 0 Å². The van der Waals surface area contributed by atoms with Gasteiger partial charge >= 0.3 is 0 Å². The van der Waals surface area contributed by atoms with E-state index in [2.05, 4.69) is 9.69 Å². The Morgan fingerprint density at radius 1 is 1.05 bits per heavy atom. The van der Waals surface area contributed by atoms with Gasteiger partial charge in [0.2, 0.25) is 5.91 Å². The highest BCUT2D eigenvalue weighted by Crippen LogP contribution is 2.34. The molecule has 0 spiro atoms. The van der Waals surface area contributed by atoms with Gasteiger partial charge < -0.3 is 21.5 Å². The highest BCUT2D eigenvalue weighted by Gasteiger charge is 2.36. The number of nitrogen functional groups attached to an aromatic ring is 1. The van der Waals surface area contributed by atoms with Gasteiger partial charge in [0.25, 0.3) is 11.8 Å². The molecule has 39 heavy (non-hydrogen) atoms. The summed E-state index contributed by atoms with van der Waals surface area (Å²) in [5.74, 6) is -2.22. The van der Waals surface area contributed by atoms with E-state index in [1.165, 1.54) is 18.2 Å². The number of ether oxygens (including phenoxy) is 1. The van der Waals surface area contributed by atoms with Crippen LogP contribution in [0.2, 0.25) is 0 Å². The Morgan fingerprint density at radius 3 is 2.38 bits per heavy atom. The lowest BCUT2D eigenvalue weighted by Gasteiger charge is -2.31. The zero-order valence-corrected chi connectivity index (χ0v) is 21.8. The maximum Gasteiger partial charge on any atom is 0.273 e. The number of rotatable bonds is 10. The molecule has 0 radical (unpaired) electrons. The van der Waals surface area contributed by atoms with Crippen LogP contribution in [0.15, 0.2) is 78.9 Å². The fourth-order valence-electron chi connectivity index (χ4n) is 3.96. The second-order valence-corrected chi connectivity index (χ2v) is 9.17. The SMILES string of the molecule is CCOc1ccc([C@@H](C(=O)NCc2ccccc2)N(C(=O)c2snc(C(N)=O)c2N)c2cccc(F)c2)cc1. The number of aromatic nitrogens is 1. The normalized spacial score (nSPS) is 11.4. The van der Waals surface area contributed by atoms with Crippen molar-refractivity contribution in [3.8, 4) is 5.75 Å². The lowest BCUT2D eigenvalue weighted by molar-refractivity contribution is -0.122. The number of halogens is 1. The van der Waals surface area contributed by atoms with Gasteiger partial charge in [-0.1, -0.05) is 48.5 Å². The van der Waals surface area contributed by atoms with Crippen molar-refractivity contribution in [1.29, 1.82) is 0 Å². The van der Waals surface area contributed by atoms with Crippen LogP contribution in [0.25, 0.3) is 0 Å². The Morgan fingerprint density at radius 2 is 1.77 bits per heavy atom. The second kappa shape index (κ2) is 12.2. The summed E-state index contributed by atoms with van der Waals surface area (Å²) < 4.78 is 23.9. The van der Waals surface area contributed by atoms with Crippen molar-refractivity contribution in [3.63, 3.8) is 0 Å². The maximum absolute atomic E-state index is 14.4. The lowest BCUT2D eigenvalue weighted by Crippen LogP contribution is -2.44. The first-order valence-electron chi connectivity index (χ1n) is 12.0. The first-order valence-corrected chi connectivity index (χ1v) is 12.8. The minimum atomic E-state index is -1.25. The van der Waals surface area contributed by atoms with Crippen LogP contribution in [0.5, 0.6) is 5.75 Å². The topological polar surface area (TPSA) is 141 Å². The van der Waals surface area contributed by atoms with Gasteiger partial charge in [0, 0.05) is 12.2 Å². The van der Waals surface area contributed by atoms with Crippen molar-refractivity contribution < 1.29 is 23.5 Å². The predicted molar refractivity (Wildman–Crippen MR) is 147 cm³/mol. The molecule has 0 fully saturated rings. The summed E-state index contributed by atoms with van der Waals surface area (Å²) in [6.45, 7) is 2.48. The molecule has 1 aromatic heterocycles. The van der Waals surface area contributed by atoms with Crippen LogP contribution < -0.4 is 26.4 Å². The summed E-state index contributed by atoms with van der Waals surface area (Å²) in [6.07, 6.45) is 0. The Bertz CT molecular complexity index is 1480. The van der Waals surface area contributed by atoms with E-state index in [0.717, 1.165) is 16.5 Å². The smallest absolute Gasteiger partial charge is 0.273 e.